The first-order valence-electron chi connectivity index (χ1n) is 2.95. The summed E-state index contributed by atoms with van der Waals surface area (Å²) >= 11 is 2.26. The fourth-order valence-electron chi connectivity index (χ4n) is 0.745. The lowest BCUT2D eigenvalue weighted by Gasteiger charge is -1.84. The monoisotopic (exact) mass is 236 g/mol. The molecule has 0 atom stereocenters. The van der Waals surface area contributed by atoms with Crippen molar-refractivity contribution in [2.75, 3.05) is 0 Å². The van der Waals surface area contributed by atoms with Crippen LogP contribution < -0.4 is 0 Å². The second-order valence-electron chi connectivity index (χ2n) is 1.94. The molecule has 1 N–H and O–H groups in total. The lowest BCUT2D eigenvalue weighted by Crippen LogP contribution is -1.81. The van der Waals surface area contributed by atoms with Crippen LogP contribution in [-0.4, -0.2) is 9.97 Å². The number of hydrogen-bond acceptors (Lipinski definition) is 1. The second kappa shape index (κ2) is 2.68. The van der Waals surface area contributed by atoms with Gasteiger partial charge in [0.15, 0.2) is 0 Å². The number of halogens is 1. The van der Waals surface area contributed by atoms with Crippen LogP contribution in [0.4, 0.5) is 0 Å². The van der Waals surface area contributed by atoms with Crippen LogP contribution >= 0.6 is 22.6 Å². The van der Waals surface area contributed by atoms with Gasteiger partial charge < -0.3 is 4.98 Å². The molecule has 1 rings (SSSR count). The maximum atomic E-state index is 4.27. The van der Waals surface area contributed by atoms with Crippen molar-refractivity contribution in [3.05, 3.63) is 15.2 Å². The van der Waals surface area contributed by atoms with Crippen LogP contribution in [0.2, 0.25) is 0 Å². The molecule has 3 heteroatoms. The van der Waals surface area contributed by atoms with Crippen LogP contribution in [0.15, 0.2) is 0 Å². The first-order chi connectivity index (χ1) is 4.24. The van der Waals surface area contributed by atoms with E-state index in [0.717, 1.165) is 12.2 Å². The largest absolute Gasteiger partial charge is 0.337 e. The summed E-state index contributed by atoms with van der Waals surface area (Å²) in [7, 11) is 0. The molecule has 0 saturated carbocycles. The predicted octanol–water partition coefficient (Wildman–Crippen LogP) is 1.89. The molecule has 1 heterocycles. The van der Waals surface area contributed by atoms with E-state index in [1.165, 1.54) is 9.39 Å². The van der Waals surface area contributed by atoms with Gasteiger partial charge in [0, 0.05) is 0 Å². The van der Waals surface area contributed by atoms with Gasteiger partial charge in [0.1, 0.15) is 9.53 Å². The zero-order valence-corrected chi connectivity index (χ0v) is 7.69. The van der Waals surface area contributed by atoms with E-state index in [9.17, 15) is 0 Å². The highest BCUT2D eigenvalue weighted by molar-refractivity contribution is 14.1. The zero-order valence-electron chi connectivity index (χ0n) is 5.53. The summed E-state index contributed by atoms with van der Waals surface area (Å²) in [5.74, 6) is 1.01. The molecular formula is C6H9IN2. The Bertz CT molecular complexity index is 205. The Hall–Kier alpha value is -0.0600. The van der Waals surface area contributed by atoms with Crippen molar-refractivity contribution in [2.45, 2.75) is 20.3 Å². The molecule has 0 bridgehead atoms. The highest BCUT2D eigenvalue weighted by atomic mass is 127. The molecule has 0 aliphatic heterocycles. The van der Waals surface area contributed by atoms with Crippen LogP contribution in [0.25, 0.3) is 0 Å². The Kier molecular flexibility index (Phi) is 2.10. The summed E-state index contributed by atoms with van der Waals surface area (Å²) in [6.07, 6.45) is 1.02. The normalized spacial score (nSPS) is 10.1. The summed E-state index contributed by atoms with van der Waals surface area (Å²) in [5.41, 5.74) is 1.17. The van der Waals surface area contributed by atoms with Crippen molar-refractivity contribution < 1.29 is 0 Å². The topological polar surface area (TPSA) is 28.7 Å². The Labute approximate surface area is 68.2 Å². The SMILES string of the molecule is CCc1nc(C)[nH]c1I. The van der Waals surface area contributed by atoms with Gasteiger partial charge in [-0.25, -0.2) is 4.98 Å². The summed E-state index contributed by atoms with van der Waals surface area (Å²) < 4.78 is 1.17. The van der Waals surface area contributed by atoms with Crippen LogP contribution in [-0.2, 0) is 6.42 Å². The zero-order chi connectivity index (χ0) is 6.85. The number of hydrogen-bond donors (Lipinski definition) is 1. The minimum Gasteiger partial charge on any atom is -0.337 e. The smallest absolute Gasteiger partial charge is 0.104 e. The number of nitrogens with zero attached hydrogens (tertiary/aromatic N) is 1. The predicted molar refractivity (Wildman–Crippen MR) is 45.4 cm³/mol. The van der Waals surface area contributed by atoms with Crippen LogP contribution in [0.3, 0.4) is 0 Å². The van der Waals surface area contributed by atoms with E-state index in [2.05, 4.69) is 39.5 Å². The van der Waals surface area contributed by atoms with Gasteiger partial charge in [-0.3, -0.25) is 0 Å². The molecule has 1 aromatic rings. The number of rotatable bonds is 1. The van der Waals surface area contributed by atoms with Crippen LogP contribution in [0.1, 0.15) is 18.4 Å². The third kappa shape index (κ3) is 1.44. The van der Waals surface area contributed by atoms with E-state index in [1.54, 1.807) is 0 Å². The van der Waals surface area contributed by atoms with E-state index in [-0.39, 0.29) is 0 Å². The fraction of sp³-hybridized carbons (Fsp3) is 0.500. The Balaban J connectivity index is 3.01. The quantitative estimate of drug-likeness (QED) is 0.741. The first-order valence-corrected chi connectivity index (χ1v) is 4.03. The third-order valence-electron chi connectivity index (χ3n) is 1.18. The van der Waals surface area contributed by atoms with Gasteiger partial charge in [-0.1, -0.05) is 6.92 Å². The molecule has 1 aromatic heterocycles. The molecule has 0 aromatic carbocycles. The fourth-order valence-corrected chi connectivity index (χ4v) is 1.64. The number of H-pyrrole nitrogens is 1. The van der Waals surface area contributed by atoms with Crippen molar-refractivity contribution >= 4 is 22.6 Å². The van der Waals surface area contributed by atoms with Gasteiger partial charge in [-0.15, -0.1) is 0 Å². The Morgan fingerprint density at radius 2 is 2.33 bits per heavy atom. The average molecular weight is 236 g/mol. The molecule has 0 saturated heterocycles. The minimum atomic E-state index is 1.01. The number of aromatic nitrogens is 2. The van der Waals surface area contributed by atoms with Crippen molar-refractivity contribution in [3.63, 3.8) is 0 Å². The van der Waals surface area contributed by atoms with Crippen LogP contribution in [0.5, 0.6) is 0 Å². The highest BCUT2D eigenvalue weighted by Crippen LogP contribution is 2.08. The summed E-state index contributed by atoms with van der Waals surface area (Å²) in [6, 6.07) is 0. The van der Waals surface area contributed by atoms with Gasteiger partial charge in [0.2, 0.25) is 0 Å². The van der Waals surface area contributed by atoms with Crippen molar-refractivity contribution in [1.29, 1.82) is 0 Å². The standard InChI is InChI=1S/C6H9IN2/c1-3-5-6(7)9-4(2)8-5/h3H2,1-2H3,(H,8,9). The molecule has 0 fully saturated rings. The number of nitrogens with one attached hydrogen (secondary N) is 1. The lowest BCUT2D eigenvalue weighted by atomic mass is 10.4. The van der Waals surface area contributed by atoms with Crippen LogP contribution in [0, 0.1) is 10.6 Å². The van der Waals surface area contributed by atoms with Gasteiger partial charge in [0.05, 0.1) is 5.69 Å². The Morgan fingerprint density at radius 3 is 2.56 bits per heavy atom. The highest BCUT2D eigenvalue weighted by Gasteiger charge is 2.00. The molecule has 0 unspecified atom stereocenters. The van der Waals surface area contributed by atoms with E-state index in [1.807, 2.05) is 6.92 Å². The lowest BCUT2D eigenvalue weighted by molar-refractivity contribution is 1.03. The first kappa shape index (κ1) is 7.05. The van der Waals surface area contributed by atoms with Gasteiger partial charge in [0.25, 0.3) is 0 Å². The molecular weight excluding hydrogens is 227 g/mol. The van der Waals surface area contributed by atoms with Crippen molar-refractivity contribution in [1.82, 2.24) is 9.97 Å². The van der Waals surface area contributed by atoms with E-state index >= 15 is 0 Å². The summed E-state index contributed by atoms with van der Waals surface area (Å²) in [6.45, 7) is 4.08. The Morgan fingerprint density at radius 1 is 1.67 bits per heavy atom. The summed E-state index contributed by atoms with van der Waals surface area (Å²) in [5, 5.41) is 0. The van der Waals surface area contributed by atoms with Gasteiger partial charge >= 0.3 is 0 Å². The summed E-state index contributed by atoms with van der Waals surface area (Å²) in [4.78, 5) is 7.40. The minimum absolute atomic E-state index is 1.01. The van der Waals surface area contributed by atoms with E-state index < -0.39 is 0 Å². The third-order valence-corrected chi connectivity index (χ3v) is 2.07. The number of imidazole rings is 1. The molecule has 0 aliphatic carbocycles. The molecule has 2 nitrogen and oxygen atoms in total. The average Bonchev–Trinajstić information content (AvgIpc) is 2.10. The molecule has 0 radical (unpaired) electrons. The van der Waals surface area contributed by atoms with Gasteiger partial charge in [-0.05, 0) is 35.9 Å². The molecule has 9 heavy (non-hydrogen) atoms. The molecule has 0 spiro atoms. The number of aromatic amines is 1. The van der Waals surface area contributed by atoms with Crippen molar-refractivity contribution in [2.24, 2.45) is 0 Å². The number of aryl methyl sites for hydroxylation is 2. The van der Waals surface area contributed by atoms with E-state index in [0.29, 0.717) is 0 Å². The second-order valence-corrected chi connectivity index (χ2v) is 3.02. The maximum absolute atomic E-state index is 4.27. The molecule has 0 aliphatic rings. The molecule has 0 amide bonds. The van der Waals surface area contributed by atoms with Gasteiger partial charge in [-0.2, -0.15) is 0 Å². The van der Waals surface area contributed by atoms with Crippen molar-refractivity contribution in [3.8, 4) is 0 Å². The molecule has 50 valence electrons. The maximum Gasteiger partial charge on any atom is 0.104 e. The van der Waals surface area contributed by atoms with E-state index in [4.69, 9.17) is 0 Å².